The van der Waals surface area contributed by atoms with Crippen LogP contribution in [0.4, 0.5) is 0 Å². The Morgan fingerprint density at radius 1 is 1.29 bits per heavy atom. The van der Waals surface area contributed by atoms with E-state index < -0.39 is 5.91 Å². The first-order valence-corrected chi connectivity index (χ1v) is 5.38. The fraction of sp³-hybridized carbons (Fsp3) is 0.154. The van der Waals surface area contributed by atoms with Crippen molar-refractivity contribution in [3.05, 3.63) is 41.5 Å². The van der Waals surface area contributed by atoms with E-state index >= 15 is 0 Å². The molecule has 0 unspecified atom stereocenters. The molecule has 0 aliphatic rings. The van der Waals surface area contributed by atoms with Crippen molar-refractivity contribution in [2.75, 3.05) is 6.54 Å². The molecule has 0 aliphatic carbocycles. The minimum atomic E-state index is -0.541. The number of fused-ring (bicyclic) bond motifs is 1. The number of aromatic hydroxyl groups is 1. The summed E-state index contributed by atoms with van der Waals surface area (Å²) in [6.45, 7) is 0.353. The highest BCUT2D eigenvalue weighted by Gasteiger charge is 2.16. The Morgan fingerprint density at radius 3 is 2.65 bits per heavy atom. The van der Waals surface area contributed by atoms with Crippen molar-refractivity contribution in [1.82, 2.24) is 0 Å². The zero-order valence-corrected chi connectivity index (χ0v) is 9.31. The van der Waals surface area contributed by atoms with Crippen LogP contribution in [0, 0.1) is 0 Å². The van der Waals surface area contributed by atoms with Gasteiger partial charge in [-0.3, -0.25) is 4.79 Å². The summed E-state index contributed by atoms with van der Waals surface area (Å²) in [5, 5.41) is 11.4. The van der Waals surface area contributed by atoms with Gasteiger partial charge < -0.3 is 16.6 Å². The SMILES string of the molecule is NCCc1c(O)cc2ccccc2c1C(N)=O. The number of carbonyl (C=O) groups excluding carboxylic acids is 1. The first-order chi connectivity index (χ1) is 8.15. The second-order valence-electron chi connectivity index (χ2n) is 3.87. The summed E-state index contributed by atoms with van der Waals surface area (Å²) in [6, 6.07) is 8.95. The maximum absolute atomic E-state index is 11.5. The monoisotopic (exact) mass is 230 g/mol. The van der Waals surface area contributed by atoms with Gasteiger partial charge in [-0.05, 0) is 29.8 Å². The minimum absolute atomic E-state index is 0.0722. The van der Waals surface area contributed by atoms with Crippen molar-refractivity contribution in [1.29, 1.82) is 0 Å². The van der Waals surface area contributed by atoms with Gasteiger partial charge in [-0.2, -0.15) is 0 Å². The lowest BCUT2D eigenvalue weighted by molar-refractivity contribution is 0.100. The first kappa shape index (κ1) is 11.4. The molecule has 0 aliphatic heterocycles. The quantitative estimate of drug-likeness (QED) is 0.738. The lowest BCUT2D eigenvalue weighted by Crippen LogP contribution is -2.16. The summed E-state index contributed by atoms with van der Waals surface area (Å²) in [5.41, 5.74) is 11.8. The van der Waals surface area contributed by atoms with Gasteiger partial charge in [0.1, 0.15) is 5.75 Å². The Bertz CT molecular complexity index is 579. The topological polar surface area (TPSA) is 89.3 Å². The molecule has 2 rings (SSSR count). The molecular formula is C13H14N2O2. The van der Waals surface area contributed by atoms with Crippen LogP contribution in [-0.2, 0) is 6.42 Å². The highest BCUT2D eigenvalue weighted by Crippen LogP contribution is 2.30. The van der Waals surface area contributed by atoms with E-state index in [1.807, 2.05) is 24.3 Å². The van der Waals surface area contributed by atoms with E-state index in [9.17, 15) is 9.90 Å². The number of nitrogens with two attached hydrogens (primary N) is 2. The van der Waals surface area contributed by atoms with Gasteiger partial charge in [-0.15, -0.1) is 0 Å². The molecule has 0 saturated heterocycles. The van der Waals surface area contributed by atoms with Gasteiger partial charge in [-0.25, -0.2) is 0 Å². The van der Waals surface area contributed by atoms with E-state index in [-0.39, 0.29) is 5.75 Å². The summed E-state index contributed by atoms with van der Waals surface area (Å²) in [5.74, 6) is -0.469. The van der Waals surface area contributed by atoms with Crippen LogP contribution in [0.1, 0.15) is 15.9 Å². The Labute approximate surface area is 98.8 Å². The highest BCUT2D eigenvalue weighted by molar-refractivity contribution is 6.08. The first-order valence-electron chi connectivity index (χ1n) is 5.38. The number of carbonyl (C=O) groups is 1. The molecule has 0 atom stereocenters. The van der Waals surface area contributed by atoms with Crippen molar-refractivity contribution >= 4 is 16.7 Å². The molecule has 1 amide bonds. The van der Waals surface area contributed by atoms with E-state index in [1.165, 1.54) is 0 Å². The number of amides is 1. The minimum Gasteiger partial charge on any atom is -0.508 e. The van der Waals surface area contributed by atoms with Crippen molar-refractivity contribution in [3.63, 3.8) is 0 Å². The number of hydrogen-bond acceptors (Lipinski definition) is 3. The number of rotatable bonds is 3. The van der Waals surface area contributed by atoms with Crippen LogP contribution in [0.3, 0.4) is 0 Å². The van der Waals surface area contributed by atoms with Crippen LogP contribution >= 0.6 is 0 Å². The normalized spacial score (nSPS) is 10.6. The second kappa shape index (κ2) is 4.43. The molecule has 0 aromatic heterocycles. The van der Waals surface area contributed by atoms with Crippen LogP contribution in [0.25, 0.3) is 10.8 Å². The van der Waals surface area contributed by atoms with Crippen LogP contribution < -0.4 is 11.5 Å². The molecule has 0 saturated carbocycles. The van der Waals surface area contributed by atoms with E-state index in [0.717, 1.165) is 10.8 Å². The van der Waals surface area contributed by atoms with Gasteiger partial charge in [-0.1, -0.05) is 24.3 Å². The number of benzene rings is 2. The predicted molar refractivity (Wildman–Crippen MR) is 66.9 cm³/mol. The lowest BCUT2D eigenvalue weighted by atomic mass is 9.95. The fourth-order valence-electron chi connectivity index (χ4n) is 2.05. The zero-order chi connectivity index (χ0) is 12.4. The van der Waals surface area contributed by atoms with Crippen LogP contribution in [0.5, 0.6) is 5.75 Å². The van der Waals surface area contributed by atoms with Crippen LogP contribution in [0.2, 0.25) is 0 Å². The number of phenols is 1. The molecule has 2 aromatic rings. The number of primary amides is 1. The molecule has 88 valence electrons. The molecule has 5 N–H and O–H groups in total. The summed E-state index contributed by atoms with van der Waals surface area (Å²) in [6.07, 6.45) is 0.426. The van der Waals surface area contributed by atoms with Gasteiger partial charge in [0, 0.05) is 5.56 Å². The largest absolute Gasteiger partial charge is 0.508 e. The maximum Gasteiger partial charge on any atom is 0.249 e. The van der Waals surface area contributed by atoms with Crippen molar-refractivity contribution in [2.24, 2.45) is 11.5 Å². The molecule has 0 bridgehead atoms. The fourth-order valence-corrected chi connectivity index (χ4v) is 2.05. The lowest BCUT2D eigenvalue weighted by Gasteiger charge is -2.11. The Kier molecular flexibility index (Phi) is 2.97. The maximum atomic E-state index is 11.5. The molecule has 4 heteroatoms. The molecule has 0 spiro atoms. The summed E-state index contributed by atoms with van der Waals surface area (Å²) < 4.78 is 0. The zero-order valence-electron chi connectivity index (χ0n) is 9.31. The molecule has 2 aromatic carbocycles. The average molecular weight is 230 g/mol. The second-order valence-corrected chi connectivity index (χ2v) is 3.87. The third-order valence-corrected chi connectivity index (χ3v) is 2.77. The standard InChI is InChI=1S/C13H14N2O2/c14-6-5-10-11(16)7-8-3-1-2-4-9(8)12(10)13(15)17/h1-4,7,16H,5-6,14H2,(H2,15,17). The predicted octanol–water partition coefficient (Wildman–Crippen LogP) is 1.15. The van der Waals surface area contributed by atoms with E-state index in [2.05, 4.69) is 0 Å². The number of phenolic OH excluding ortho intramolecular Hbond substituents is 1. The molecule has 17 heavy (non-hydrogen) atoms. The van der Waals surface area contributed by atoms with E-state index in [4.69, 9.17) is 11.5 Å². The molecule has 0 heterocycles. The third kappa shape index (κ3) is 1.94. The summed E-state index contributed by atoms with van der Waals surface area (Å²) in [7, 11) is 0. The van der Waals surface area contributed by atoms with Gasteiger partial charge in [0.05, 0.1) is 5.56 Å². The van der Waals surface area contributed by atoms with Crippen LogP contribution in [0.15, 0.2) is 30.3 Å². The highest BCUT2D eigenvalue weighted by atomic mass is 16.3. The molecule has 4 nitrogen and oxygen atoms in total. The van der Waals surface area contributed by atoms with E-state index in [1.54, 1.807) is 6.07 Å². The Morgan fingerprint density at radius 2 is 2.00 bits per heavy atom. The molecule has 0 fully saturated rings. The van der Waals surface area contributed by atoms with Gasteiger partial charge in [0.25, 0.3) is 0 Å². The Hall–Kier alpha value is -2.07. The molecular weight excluding hydrogens is 216 g/mol. The van der Waals surface area contributed by atoms with Crippen molar-refractivity contribution in [2.45, 2.75) is 6.42 Å². The van der Waals surface area contributed by atoms with Gasteiger partial charge >= 0.3 is 0 Å². The third-order valence-electron chi connectivity index (χ3n) is 2.77. The number of hydrogen-bond donors (Lipinski definition) is 3. The Balaban J connectivity index is 2.83. The summed E-state index contributed by atoms with van der Waals surface area (Å²) in [4.78, 5) is 11.5. The van der Waals surface area contributed by atoms with Crippen molar-refractivity contribution < 1.29 is 9.90 Å². The van der Waals surface area contributed by atoms with E-state index in [0.29, 0.717) is 24.1 Å². The van der Waals surface area contributed by atoms with Crippen molar-refractivity contribution in [3.8, 4) is 5.75 Å². The summed E-state index contributed by atoms with van der Waals surface area (Å²) >= 11 is 0. The average Bonchev–Trinajstić information content (AvgIpc) is 2.29. The van der Waals surface area contributed by atoms with Crippen LogP contribution in [-0.4, -0.2) is 17.6 Å². The smallest absolute Gasteiger partial charge is 0.249 e. The van der Waals surface area contributed by atoms with Gasteiger partial charge in [0.2, 0.25) is 5.91 Å². The van der Waals surface area contributed by atoms with Gasteiger partial charge in [0.15, 0.2) is 0 Å². The molecule has 0 radical (unpaired) electrons.